The van der Waals surface area contributed by atoms with E-state index in [-0.39, 0.29) is 0 Å². The summed E-state index contributed by atoms with van der Waals surface area (Å²) in [6.07, 6.45) is 0. The number of aryl methyl sites for hydroxylation is 1. The van der Waals surface area contributed by atoms with Gasteiger partial charge in [0.1, 0.15) is 0 Å². The zero-order chi connectivity index (χ0) is 10.3. The van der Waals surface area contributed by atoms with Crippen LogP contribution in [0.25, 0.3) is 0 Å². The van der Waals surface area contributed by atoms with E-state index in [1.165, 1.54) is 10.7 Å². The normalized spacial score (nSPS) is 27.4. The second-order valence-electron chi connectivity index (χ2n) is 5.15. The average Bonchev–Trinajstić information content (AvgIpc) is 2.29. The molecule has 1 fully saturated rings. The summed E-state index contributed by atoms with van der Waals surface area (Å²) in [5.74, 6) is 0.726. The van der Waals surface area contributed by atoms with E-state index in [0.717, 1.165) is 12.5 Å². The lowest BCUT2D eigenvalue weighted by Gasteiger charge is -2.45. The Labute approximate surface area is 89.8 Å². The molecule has 3 heteroatoms. The van der Waals surface area contributed by atoms with Gasteiger partial charge in [-0.1, -0.05) is 20.8 Å². The van der Waals surface area contributed by atoms with Crippen molar-refractivity contribution in [3.63, 3.8) is 0 Å². The summed E-state index contributed by atoms with van der Waals surface area (Å²) in [5.41, 5.74) is 1.62. The van der Waals surface area contributed by atoms with Crippen molar-refractivity contribution in [2.75, 3.05) is 6.54 Å². The van der Waals surface area contributed by atoms with Crippen molar-refractivity contribution >= 4 is 11.3 Å². The second-order valence-corrected chi connectivity index (χ2v) is 6.21. The van der Waals surface area contributed by atoms with Crippen molar-refractivity contribution < 1.29 is 0 Å². The van der Waals surface area contributed by atoms with Gasteiger partial charge in [0.05, 0.1) is 16.7 Å². The summed E-state index contributed by atoms with van der Waals surface area (Å²) >= 11 is 1.74. The van der Waals surface area contributed by atoms with Gasteiger partial charge in [-0.05, 0) is 18.3 Å². The lowest BCUT2D eigenvalue weighted by atomic mass is 9.71. The van der Waals surface area contributed by atoms with Crippen LogP contribution >= 0.6 is 11.3 Å². The summed E-state index contributed by atoms with van der Waals surface area (Å²) < 4.78 is 0. The van der Waals surface area contributed by atoms with Gasteiger partial charge in [0.2, 0.25) is 0 Å². The summed E-state index contributed by atoms with van der Waals surface area (Å²) in [5, 5.41) is 6.83. The second kappa shape index (κ2) is 3.31. The number of rotatable bonds is 1. The molecule has 2 atom stereocenters. The third kappa shape index (κ3) is 1.71. The summed E-state index contributed by atoms with van der Waals surface area (Å²) in [6.45, 7) is 10.1. The number of thiazole rings is 1. The zero-order valence-corrected chi connectivity index (χ0v) is 10.1. The Kier molecular flexibility index (Phi) is 2.40. The number of aromatic nitrogens is 1. The molecule has 0 amide bonds. The first kappa shape index (κ1) is 10.1. The molecule has 1 aliphatic heterocycles. The molecule has 0 bridgehead atoms. The summed E-state index contributed by atoms with van der Waals surface area (Å²) in [7, 11) is 0. The van der Waals surface area contributed by atoms with Gasteiger partial charge in [0.15, 0.2) is 0 Å². The highest BCUT2D eigenvalue weighted by atomic mass is 32.1. The highest BCUT2D eigenvalue weighted by molar-refractivity contribution is 7.09. The van der Waals surface area contributed by atoms with Crippen molar-refractivity contribution in [3.05, 3.63) is 16.1 Å². The molecule has 2 unspecified atom stereocenters. The van der Waals surface area contributed by atoms with Gasteiger partial charge >= 0.3 is 0 Å². The van der Waals surface area contributed by atoms with E-state index >= 15 is 0 Å². The summed E-state index contributed by atoms with van der Waals surface area (Å²) in [6, 6.07) is 0.486. The molecule has 14 heavy (non-hydrogen) atoms. The first-order chi connectivity index (χ1) is 6.48. The van der Waals surface area contributed by atoms with Gasteiger partial charge in [-0.15, -0.1) is 11.3 Å². The molecule has 1 aromatic heterocycles. The maximum absolute atomic E-state index is 4.55. The van der Waals surface area contributed by atoms with E-state index in [2.05, 4.69) is 43.4 Å². The van der Waals surface area contributed by atoms with E-state index in [4.69, 9.17) is 0 Å². The Balaban J connectivity index is 2.14. The molecule has 2 rings (SSSR count). The molecule has 0 aliphatic carbocycles. The third-order valence-electron chi connectivity index (χ3n) is 3.03. The fraction of sp³-hybridized carbons (Fsp3) is 0.727. The minimum Gasteiger partial charge on any atom is -0.308 e. The number of nitrogens with one attached hydrogen (secondary N) is 1. The van der Waals surface area contributed by atoms with Crippen molar-refractivity contribution in [1.29, 1.82) is 0 Å². The molecule has 2 nitrogen and oxygen atoms in total. The number of hydrogen-bond donors (Lipinski definition) is 1. The van der Waals surface area contributed by atoms with E-state index < -0.39 is 0 Å². The first-order valence-electron chi connectivity index (χ1n) is 5.14. The van der Waals surface area contributed by atoms with Gasteiger partial charge in [0, 0.05) is 11.9 Å². The van der Waals surface area contributed by atoms with Crippen LogP contribution in [0.2, 0.25) is 0 Å². The van der Waals surface area contributed by atoms with Crippen LogP contribution < -0.4 is 5.32 Å². The minimum absolute atomic E-state index is 0.382. The highest BCUT2D eigenvalue weighted by Gasteiger charge is 2.40. The molecule has 0 aromatic carbocycles. The molecule has 2 heterocycles. The SMILES string of the molecule is Cc1nc(C2NCC2C(C)(C)C)cs1. The van der Waals surface area contributed by atoms with Crippen molar-refractivity contribution in [2.24, 2.45) is 11.3 Å². The molecule has 1 aromatic rings. The van der Waals surface area contributed by atoms with Crippen molar-refractivity contribution in [2.45, 2.75) is 33.7 Å². The van der Waals surface area contributed by atoms with Crippen LogP contribution in [0, 0.1) is 18.3 Å². The highest BCUT2D eigenvalue weighted by Crippen LogP contribution is 2.41. The van der Waals surface area contributed by atoms with E-state index in [1.54, 1.807) is 11.3 Å². The lowest BCUT2D eigenvalue weighted by Crippen LogP contribution is -2.51. The molecule has 1 saturated heterocycles. The van der Waals surface area contributed by atoms with Gasteiger partial charge in [-0.3, -0.25) is 0 Å². The number of hydrogen-bond acceptors (Lipinski definition) is 3. The van der Waals surface area contributed by atoms with Gasteiger partial charge in [-0.2, -0.15) is 0 Å². The van der Waals surface area contributed by atoms with Crippen LogP contribution in [0.5, 0.6) is 0 Å². The monoisotopic (exact) mass is 210 g/mol. The predicted molar refractivity (Wildman–Crippen MR) is 60.5 cm³/mol. The maximum atomic E-state index is 4.55. The molecule has 1 aliphatic rings. The van der Waals surface area contributed by atoms with Crippen LogP contribution in [0.3, 0.4) is 0 Å². The Hall–Kier alpha value is -0.410. The Morgan fingerprint density at radius 3 is 2.57 bits per heavy atom. The third-order valence-corrected chi connectivity index (χ3v) is 3.82. The van der Waals surface area contributed by atoms with Gasteiger partial charge in [-0.25, -0.2) is 4.98 Å². The molecular formula is C11H18N2S. The Bertz CT molecular complexity index is 324. The van der Waals surface area contributed by atoms with Gasteiger partial charge in [0.25, 0.3) is 0 Å². The van der Waals surface area contributed by atoms with E-state index in [0.29, 0.717) is 11.5 Å². The smallest absolute Gasteiger partial charge is 0.0898 e. The Morgan fingerprint density at radius 1 is 1.50 bits per heavy atom. The predicted octanol–water partition coefficient (Wildman–Crippen LogP) is 2.76. The quantitative estimate of drug-likeness (QED) is 0.771. The maximum Gasteiger partial charge on any atom is 0.0898 e. The fourth-order valence-corrected chi connectivity index (χ4v) is 2.64. The van der Waals surface area contributed by atoms with E-state index in [9.17, 15) is 0 Å². The lowest BCUT2D eigenvalue weighted by molar-refractivity contribution is 0.0966. The van der Waals surface area contributed by atoms with Crippen LogP contribution in [0.4, 0.5) is 0 Å². The zero-order valence-electron chi connectivity index (χ0n) is 9.29. The Morgan fingerprint density at radius 2 is 2.21 bits per heavy atom. The first-order valence-corrected chi connectivity index (χ1v) is 6.02. The standard InChI is InChI=1S/C11H18N2S/c1-7-13-9(6-14-7)10-8(5-12-10)11(2,3)4/h6,8,10,12H,5H2,1-4H3. The largest absolute Gasteiger partial charge is 0.308 e. The topological polar surface area (TPSA) is 24.9 Å². The van der Waals surface area contributed by atoms with Crippen molar-refractivity contribution in [1.82, 2.24) is 10.3 Å². The van der Waals surface area contributed by atoms with Gasteiger partial charge < -0.3 is 5.32 Å². The van der Waals surface area contributed by atoms with Crippen LogP contribution in [0.1, 0.15) is 37.5 Å². The molecule has 78 valence electrons. The molecule has 0 saturated carbocycles. The van der Waals surface area contributed by atoms with Crippen LogP contribution in [0.15, 0.2) is 5.38 Å². The fourth-order valence-electron chi connectivity index (χ4n) is 1.99. The average molecular weight is 210 g/mol. The van der Waals surface area contributed by atoms with Crippen molar-refractivity contribution in [3.8, 4) is 0 Å². The minimum atomic E-state index is 0.382. The summed E-state index contributed by atoms with van der Waals surface area (Å²) in [4.78, 5) is 4.55. The molecule has 1 N–H and O–H groups in total. The molecular weight excluding hydrogens is 192 g/mol. The van der Waals surface area contributed by atoms with E-state index in [1.807, 2.05) is 0 Å². The molecule has 0 radical (unpaired) electrons. The molecule has 0 spiro atoms. The van der Waals surface area contributed by atoms with Crippen LogP contribution in [-0.2, 0) is 0 Å². The number of nitrogens with zero attached hydrogens (tertiary/aromatic N) is 1. The van der Waals surface area contributed by atoms with Crippen LogP contribution in [-0.4, -0.2) is 11.5 Å².